The second-order valence-electron chi connectivity index (χ2n) is 2.36. The molecule has 1 unspecified atom stereocenters. The number of hydrogen-bond donors (Lipinski definition) is 0. The molecule has 0 aromatic heterocycles. The standard InChI is InChI=1S/C9H11O2P/c1-11-8-4-2-7(3-5-8)9(10)6-12/h2-5H,6,12H2,1H3. The number of carbonyl (C=O) groups is 1. The summed E-state index contributed by atoms with van der Waals surface area (Å²) in [4.78, 5) is 11.2. The summed E-state index contributed by atoms with van der Waals surface area (Å²) >= 11 is 0. The number of rotatable bonds is 3. The molecule has 1 aromatic rings. The van der Waals surface area contributed by atoms with Gasteiger partial charge in [0.2, 0.25) is 0 Å². The van der Waals surface area contributed by atoms with E-state index in [1.165, 1.54) is 0 Å². The molecule has 0 spiro atoms. The molecule has 2 nitrogen and oxygen atoms in total. The van der Waals surface area contributed by atoms with Crippen molar-refractivity contribution in [2.24, 2.45) is 0 Å². The number of benzene rings is 1. The van der Waals surface area contributed by atoms with E-state index in [-0.39, 0.29) is 5.78 Å². The van der Waals surface area contributed by atoms with Gasteiger partial charge >= 0.3 is 0 Å². The van der Waals surface area contributed by atoms with Crippen LogP contribution in [0.5, 0.6) is 5.75 Å². The van der Waals surface area contributed by atoms with Gasteiger partial charge in [0, 0.05) is 11.7 Å². The van der Waals surface area contributed by atoms with Gasteiger partial charge in [0.1, 0.15) is 5.75 Å². The van der Waals surface area contributed by atoms with Gasteiger partial charge in [-0.25, -0.2) is 0 Å². The number of carbonyl (C=O) groups excluding carboxylic acids is 1. The molecule has 0 heterocycles. The van der Waals surface area contributed by atoms with E-state index in [0.717, 1.165) is 11.3 Å². The maximum atomic E-state index is 11.2. The first kappa shape index (κ1) is 9.21. The molecule has 0 radical (unpaired) electrons. The van der Waals surface area contributed by atoms with Gasteiger partial charge < -0.3 is 4.74 Å². The summed E-state index contributed by atoms with van der Waals surface area (Å²) in [7, 11) is 4.01. The molecule has 64 valence electrons. The first-order valence-corrected chi connectivity index (χ1v) is 4.47. The average Bonchev–Trinajstić information content (AvgIpc) is 2.17. The first-order chi connectivity index (χ1) is 5.77. The van der Waals surface area contributed by atoms with Crippen LogP contribution in [0.1, 0.15) is 10.4 Å². The maximum Gasteiger partial charge on any atom is 0.166 e. The highest BCUT2D eigenvalue weighted by Crippen LogP contribution is 2.12. The Morgan fingerprint density at radius 1 is 1.42 bits per heavy atom. The summed E-state index contributed by atoms with van der Waals surface area (Å²) in [6.07, 6.45) is 0.465. The van der Waals surface area contributed by atoms with E-state index in [4.69, 9.17) is 4.74 Å². The van der Waals surface area contributed by atoms with Crippen molar-refractivity contribution in [3.63, 3.8) is 0 Å². The van der Waals surface area contributed by atoms with Crippen LogP contribution < -0.4 is 4.74 Å². The highest BCUT2D eigenvalue weighted by atomic mass is 31.0. The fraction of sp³-hybridized carbons (Fsp3) is 0.222. The van der Waals surface area contributed by atoms with Crippen molar-refractivity contribution in [1.29, 1.82) is 0 Å². The number of ether oxygens (including phenoxy) is 1. The topological polar surface area (TPSA) is 26.3 Å². The molecule has 0 N–H and O–H groups in total. The van der Waals surface area contributed by atoms with Gasteiger partial charge in [-0.15, -0.1) is 9.24 Å². The van der Waals surface area contributed by atoms with Gasteiger partial charge in [0.15, 0.2) is 5.78 Å². The molecule has 1 aromatic carbocycles. The predicted octanol–water partition coefficient (Wildman–Crippen LogP) is 1.75. The molecule has 0 aliphatic carbocycles. The van der Waals surface area contributed by atoms with Gasteiger partial charge in [-0.2, -0.15) is 0 Å². The molecule has 0 amide bonds. The maximum absolute atomic E-state index is 11.2. The van der Waals surface area contributed by atoms with Gasteiger partial charge in [0.05, 0.1) is 7.11 Å². The third-order valence-electron chi connectivity index (χ3n) is 1.60. The zero-order valence-corrected chi connectivity index (χ0v) is 8.07. The lowest BCUT2D eigenvalue weighted by Gasteiger charge is -2.00. The first-order valence-electron chi connectivity index (χ1n) is 3.65. The molecule has 3 heteroatoms. The average molecular weight is 182 g/mol. The van der Waals surface area contributed by atoms with Crippen LogP contribution >= 0.6 is 9.24 Å². The zero-order chi connectivity index (χ0) is 8.97. The van der Waals surface area contributed by atoms with Gasteiger partial charge in [-0.05, 0) is 24.3 Å². The van der Waals surface area contributed by atoms with Gasteiger partial charge in [0.25, 0.3) is 0 Å². The predicted molar refractivity (Wildman–Crippen MR) is 51.9 cm³/mol. The minimum Gasteiger partial charge on any atom is -0.497 e. The summed E-state index contributed by atoms with van der Waals surface area (Å²) < 4.78 is 4.97. The molecule has 0 aliphatic rings. The molecule has 0 bridgehead atoms. The normalized spacial score (nSPS) is 9.50. The van der Waals surface area contributed by atoms with E-state index < -0.39 is 0 Å². The van der Waals surface area contributed by atoms with Crippen molar-refractivity contribution < 1.29 is 9.53 Å². The molecule has 0 saturated heterocycles. The molecule has 0 saturated carbocycles. The van der Waals surface area contributed by atoms with Crippen LogP contribution in [-0.4, -0.2) is 19.1 Å². The lowest BCUT2D eigenvalue weighted by atomic mass is 10.1. The Kier molecular flexibility index (Phi) is 3.24. The number of hydrogen-bond acceptors (Lipinski definition) is 2. The zero-order valence-electron chi connectivity index (χ0n) is 6.91. The number of methoxy groups -OCH3 is 1. The van der Waals surface area contributed by atoms with E-state index in [1.54, 1.807) is 31.4 Å². The minimum absolute atomic E-state index is 0.127. The molecule has 1 atom stereocenters. The molecule has 0 aliphatic heterocycles. The van der Waals surface area contributed by atoms with Crippen LogP contribution in [0.2, 0.25) is 0 Å². The number of ketones is 1. The van der Waals surface area contributed by atoms with E-state index in [9.17, 15) is 4.79 Å². The molecule has 1 rings (SSSR count). The SMILES string of the molecule is COc1ccc(C(=O)CP)cc1. The second kappa shape index (κ2) is 4.22. The summed E-state index contributed by atoms with van der Waals surface area (Å²) in [5, 5.41) is 0. The Hall–Kier alpha value is -0.880. The van der Waals surface area contributed by atoms with Gasteiger partial charge in [-0.3, -0.25) is 4.79 Å². The van der Waals surface area contributed by atoms with E-state index in [2.05, 4.69) is 9.24 Å². The smallest absolute Gasteiger partial charge is 0.166 e. The quantitative estimate of drug-likeness (QED) is 0.525. The van der Waals surface area contributed by atoms with E-state index in [1.807, 2.05) is 0 Å². The summed E-state index contributed by atoms with van der Waals surface area (Å²) in [5.74, 6) is 0.901. The minimum atomic E-state index is 0.127. The van der Waals surface area contributed by atoms with Crippen LogP contribution in [0.25, 0.3) is 0 Å². The molecule has 0 fully saturated rings. The Balaban J connectivity index is 2.84. The third-order valence-corrected chi connectivity index (χ3v) is 1.97. The summed E-state index contributed by atoms with van der Waals surface area (Å²) in [5.41, 5.74) is 0.728. The van der Waals surface area contributed by atoms with Crippen LogP contribution in [-0.2, 0) is 0 Å². The van der Waals surface area contributed by atoms with Gasteiger partial charge in [-0.1, -0.05) is 0 Å². The van der Waals surface area contributed by atoms with Crippen LogP contribution in [0.15, 0.2) is 24.3 Å². The number of Topliss-reactive ketones (excluding diaryl/α,β-unsaturated/α-hetero) is 1. The molecule has 12 heavy (non-hydrogen) atoms. The van der Waals surface area contributed by atoms with Crippen molar-refractivity contribution in [3.8, 4) is 5.75 Å². The highest BCUT2D eigenvalue weighted by Gasteiger charge is 2.01. The monoisotopic (exact) mass is 182 g/mol. The van der Waals surface area contributed by atoms with Crippen LogP contribution in [0.4, 0.5) is 0 Å². The Morgan fingerprint density at radius 3 is 2.42 bits per heavy atom. The third kappa shape index (κ3) is 2.05. The lowest BCUT2D eigenvalue weighted by Crippen LogP contribution is -1.98. The van der Waals surface area contributed by atoms with E-state index >= 15 is 0 Å². The van der Waals surface area contributed by atoms with Crippen molar-refractivity contribution >= 4 is 15.0 Å². The Labute approximate surface area is 74.1 Å². The second-order valence-corrected chi connectivity index (χ2v) is 2.76. The fourth-order valence-corrected chi connectivity index (χ4v) is 1.13. The largest absolute Gasteiger partial charge is 0.497 e. The van der Waals surface area contributed by atoms with E-state index in [0.29, 0.717) is 6.16 Å². The Bertz CT molecular complexity index is 266. The van der Waals surface area contributed by atoms with Crippen LogP contribution in [0, 0.1) is 0 Å². The molecular formula is C9H11O2P. The summed E-state index contributed by atoms with van der Waals surface area (Å²) in [6, 6.07) is 7.11. The Morgan fingerprint density at radius 2 is 2.00 bits per heavy atom. The van der Waals surface area contributed by atoms with Crippen molar-refractivity contribution in [1.82, 2.24) is 0 Å². The highest BCUT2D eigenvalue weighted by molar-refractivity contribution is 7.18. The lowest BCUT2D eigenvalue weighted by molar-refractivity contribution is 0.102. The van der Waals surface area contributed by atoms with Crippen molar-refractivity contribution in [2.75, 3.05) is 13.3 Å². The van der Waals surface area contributed by atoms with Crippen molar-refractivity contribution in [3.05, 3.63) is 29.8 Å². The molecular weight excluding hydrogens is 171 g/mol. The van der Waals surface area contributed by atoms with Crippen LogP contribution in [0.3, 0.4) is 0 Å². The van der Waals surface area contributed by atoms with Crippen molar-refractivity contribution in [2.45, 2.75) is 0 Å². The fourth-order valence-electron chi connectivity index (χ4n) is 0.895. The summed E-state index contributed by atoms with van der Waals surface area (Å²) in [6.45, 7) is 0.